The molecule has 0 atom stereocenters. The van der Waals surface area contributed by atoms with E-state index in [9.17, 15) is 9.59 Å². The van der Waals surface area contributed by atoms with E-state index in [1.165, 1.54) is 6.08 Å². The van der Waals surface area contributed by atoms with Crippen LogP contribution < -0.4 is 16.0 Å². The second-order valence-corrected chi connectivity index (χ2v) is 6.24. The van der Waals surface area contributed by atoms with Crippen molar-refractivity contribution in [3.05, 3.63) is 78.1 Å². The van der Waals surface area contributed by atoms with Gasteiger partial charge in [0.05, 0.1) is 6.20 Å². The minimum atomic E-state index is -0.358. The molecule has 3 rings (SSSR count). The van der Waals surface area contributed by atoms with Crippen LogP contribution in [0.4, 0.5) is 21.9 Å². The molecule has 2 aromatic carbocycles. The van der Waals surface area contributed by atoms with Crippen molar-refractivity contribution in [3.63, 3.8) is 0 Å². The number of nitrogens with one attached hydrogen (secondary N) is 3. The SMILES string of the molecule is Cc1ccc(NC(=O)Nc2ccccc2)cc1NC(=O)C=Cc1cnn(C)c1. The van der Waals surface area contributed by atoms with Crippen molar-refractivity contribution in [1.29, 1.82) is 0 Å². The van der Waals surface area contributed by atoms with Crippen molar-refractivity contribution >= 4 is 35.1 Å². The Labute approximate surface area is 163 Å². The van der Waals surface area contributed by atoms with Gasteiger partial charge in [0, 0.05) is 41.9 Å². The highest BCUT2D eigenvalue weighted by molar-refractivity contribution is 6.03. The maximum absolute atomic E-state index is 12.2. The van der Waals surface area contributed by atoms with Crippen LogP contribution in [0.2, 0.25) is 0 Å². The Bertz CT molecular complexity index is 1010. The third-order valence-electron chi connectivity index (χ3n) is 3.94. The molecule has 0 saturated carbocycles. The maximum atomic E-state index is 12.2. The van der Waals surface area contributed by atoms with E-state index in [2.05, 4.69) is 21.0 Å². The maximum Gasteiger partial charge on any atom is 0.323 e. The predicted molar refractivity (Wildman–Crippen MR) is 111 cm³/mol. The molecule has 142 valence electrons. The van der Waals surface area contributed by atoms with Gasteiger partial charge in [-0.25, -0.2) is 4.79 Å². The number of nitrogens with zero attached hydrogens (tertiary/aromatic N) is 2. The lowest BCUT2D eigenvalue weighted by molar-refractivity contribution is -0.111. The van der Waals surface area contributed by atoms with Crippen LogP contribution in [-0.4, -0.2) is 21.7 Å². The lowest BCUT2D eigenvalue weighted by Crippen LogP contribution is -2.19. The summed E-state index contributed by atoms with van der Waals surface area (Å²) >= 11 is 0. The largest absolute Gasteiger partial charge is 0.323 e. The summed E-state index contributed by atoms with van der Waals surface area (Å²) < 4.78 is 1.66. The van der Waals surface area contributed by atoms with E-state index in [1.807, 2.05) is 44.4 Å². The van der Waals surface area contributed by atoms with Crippen LogP contribution in [0.25, 0.3) is 6.08 Å². The van der Waals surface area contributed by atoms with Crippen molar-refractivity contribution in [2.24, 2.45) is 7.05 Å². The Hall–Kier alpha value is -3.87. The summed E-state index contributed by atoms with van der Waals surface area (Å²) in [4.78, 5) is 24.3. The third kappa shape index (κ3) is 5.31. The van der Waals surface area contributed by atoms with Crippen LogP contribution in [-0.2, 0) is 11.8 Å². The van der Waals surface area contributed by atoms with Gasteiger partial charge in [0.1, 0.15) is 0 Å². The van der Waals surface area contributed by atoms with Crippen LogP contribution in [0, 0.1) is 6.92 Å². The molecule has 0 aliphatic carbocycles. The third-order valence-corrected chi connectivity index (χ3v) is 3.94. The Morgan fingerprint density at radius 1 is 1.00 bits per heavy atom. The van der Waals surface area contributed by atoms with Gasteiger partial charge in [0.25, 0.3) is 0 Å². The van der Waals surface area contributed by atoms with Crippen molar-refractivity contribution < 1.29 is 9.59 Å². The summed E-state index contributed by atoms with van der Waals surface area (Å²) in [6.07, 6.45) is 6.61. The highest BCUT2D eigenvalue weighted by Gasteiger charge is 2.07. The van der Waals surface area contributed by atoms with E-state index < -0.39 is 0 Å². The Morgan fingerprint density at radius 3 is 2.46 bits per heavy atom. The first-order valence-electron chi connectivity index (χ1n) is 8.71. The molecule has 1 heterocycles. The number of carbonyl (C=O) groups is 2. The minimum absolute atomic E-state index is 0.266. The van der Waals surface area contributed by atoms with Crippen molar-refractivity contribution in [2.75, 3.05) is 16.0 Å². The molecular weight excluding hydrogens is 354 g/mol. The Kier molecular flexibility index (Phi) is 5.86. The highest BCUT2D eigenvalue weighted by Crippen LogP contribution is 2.21. The number of aromatic nitrogens is 2. The molecule has 0 fully saturated rings. The summed E-state index contributed by atoms with van der Waals surface area (Å²) in [5, 5.41) is 12.4. The standard InChI is InChI=1S/C21H21N5O2/c1-15-8-10-18(24-21(28)23-17-6-4-3-5-7-17)12-19(15)25-20(27)11-9-16-13-22-26(2)14-16/h3-14H,1-2H3,(H,25,27)(H2,23,24,28). The van der Waals surface area contributed by atoms with E-state index in [0.717, 1.165) is 11.1 Å². The van der Waals surface area contributed by atoms with E-state index >= 15 is 0 Å². The minimum Gasteiger partial charge on any atom is -0.322 e. The molecule has 0 saturated heterocycles. The number of anilines is 3. The van der Waals surface area contributed by atoms with Crippen molar-refractivity contribution in [3.8, 4) is 0 Å². The molecule has 0 aliphatic heterocycles. The molecule has 3 aromatic rings. The van der Waals surface area contributed by atoms with Gasteiger partial charge in [-0.1, -0.05) is 24.3 Å². The first-order valence-corrected chi connectivity index (χ1v) is 8.71. The molecule has 0 radical (unpaired) electrons. The van der Waals surface area contributed by atoms with Crippen LogP contribution in [0.5, 0.6) is 0 Å². The first-order chi connectivity index (χ1) is 13.5. The molecule has 3 N–H and O–H groups in total. The lowest BCUT2D eigenvalue weighted by Gasteiger charge is -2.11. The number of para-hydroxylation sites is 1. The topological polar surface area (TPSA) is 88.1 Å². The van der Waals surface area contributed by atoms with Gasteiger partial charge in [-0.05, 0) is 42.8 Å². The van der Waals surface area contributed by atoms with Crippen LogP contribution in [0.3, 0.4) is 0 Å². The Morgan fingerprint density at radius 2 is 1.75 bits per heavy atom. The zero-order chi connectivity index (χ0) is 19.9. The fourth-order valence-electron chi connectivity index (χ4n) is 2.52. The first kappa shape index (κ1) is 18.9. The zero-order valence-corrected chi connectivity index (χ0v) is 15.6. The molecule has 1 aromatic heterocycles. The number of rotatable bonds is 5. The second-order valence-electron chi connectivity index (χ2n) is 6.24. The summed E-state index contributed by atoms with van der Waals surface area (Å²) in [7, 11) is 1.81. The molecule has 0 bridgehead atoms. The molecule has 0 aliphatic rings. The summed E-state index contributed by atoms with van der Waals surface area (Å²) in [5.74, 6) is -0.266. The highest BCUT2D eigenvalue weighted by atomic mass is 16.2. The molecule has 3 amide bonds. The zero-order valence-electron chi connectivity index (χ0n) is 15.6. The fraction of sp³-hybridized carbons (Fsp3) is 0.0952. The van der Waals surface area contributed by atoms with Gasteiger partial charge in [0.15, 0.2) is 0 Å². The smallest absolute Gasteiger partial charge is 0.322 e. The number of amides is 3. The van der Waals surface area contributed by atoms with Crippen molar-refractivity contribution in [2.45, 2.75) is 6.92 Å². The van der Waals surface area contributed by atoms with Crippen LogP contribution in [0.15, 0.2) is 67.0 Å². The average molecular weight is 375 g/mol. The molecule has 7 nitrogen and oxygen atoms in total. The van der Waals surface area contributed by atoms with Gasteiger partial charge in [-0.15, -0.1) is 0 Å². The van der Waals surface area contributed by atoms with E-state index in [4.69, 9.17) is 0 Å². The average Bonchev–Trinajstić information content (AvgIpc) is 3.09. The second kappa shape index (κ2) is 8.68. The predicted octanol–water partition coefficient (Wildman–Crippen LogP) is 4.02. The van der Waals surface area contributed by atoms with Crippen LogP contribution >= 0.6 is 0 Å². The van der Waals surface area contributed by atoms with Gasteiger partial charge in [-0.2, -0.15) is 5.10 Å². The monoisotopic (exact) mass is 375 g/mol. The molecule has 0 unspecified atom stereocenters. The van der Waals surface area contributed by atoms with E-state index in [0.29, 0.717) is 17.1 Å². The quantitative estimate of drug-likeness (QED) is 0.589. The summed E-state index contributed by atoms with van der Waals surface area (Å²) in [5.41, 5.74) is 3.62. The molecule has 7 heteroatoms. The molecular formula is C21H21N5O2. The Balaban J connectivity index is 1.63. The number of hydrogen-bond donors (Lipinski definition) is 3. The number of carbonyl (C=O) groups excluding carboxylic acids is 2. The summed E-state index contributed by atoms with van der Waals surface area (Å²) in [6, 6.07) is 14.1. The van der Waals surface area contributed by atoms with E-state index in [1.54, 1.807) is 41.2 Å². The number of urea groups is 1. The molecule has 0 spiro atoms. The number of aryl methyl sites for hydroxylation is 2. The molecule has 28 heavy (non-hydrogen) atoms. The van der Waals surface area contributed by atoms with E-state index in [-0.39, 0.29) is 11.9 Å². The van der Waals surface area contributed by atoms with Gasteiger partial charge in [0.2, 0.25) is 5.91 Å². The summed E-state index contributed by atoms with van der Waals surface area (Å²) in [6.45, 7) is 1.88. The number of benzene rings is 2. The number of hydrogen-bond acceptors (Lipinski definition) is 3. The normalized spacial score (nSPS) is 10.6. The van der Waals surface area contributed by atoms with Crippen LogP contribution in [0.1, 0.15) is 11.1 Å². The van der Waals surface area contributed by atoms with Gasteiger partial charge >= 0.3 is 6.03 Å². The van der Waals surface area contributed by atoms with Gasteiger partial charge < -0.3 is 16.0 Å². The lowest BCUT2D eigenvalue weighted by atomic mass is 10.1. The van der Waals surface area contributed by atoms with Gasteiger partial charge in [-0.3, -0.25) is 9.48 Å². The van der Waals surface area contributed by atoms with Crippen molar-refractivity contribution in [1.82, 2.24) is 9.78 Å². The fourth-order valence-corrected chi connectivity index (χ4v) is 2.52.